The highest BCUT2D eigenvalue weighted by molar-refractivity contribution is 6.49. The maximum Gasteiger partial charge on any atom is 0.269 e. The first-order chi connectivity index (χ1) is 8.59. The highest BCUT2D eigenvalue weighted by atomic mass is 16.6. The van der Waals surface area contributed by atoms with E-state index in [0.717, 1.165) is 0 Å². The molecule has 0 fully saturated rings. The first-order valence-electron chi connectivity index (χ1n) is 4.92. The van der Waals surface area contributed by atoms with E-state index in [4.69, 9.17) is 0 Å². The van der Waals surface area contributed by atoms with Crippen molar-refractivity contribution in [3.05, 3.63) is 57.9 Å². The molecule has 90 valence electrons. The van der Waals surface area contributed by atoms with Crippen molar-refractivity contribution in [2.24, 2.45) is 0 Å². The molecule has 0 unspecified atom stereocenters. The second kappa shape index (κ2) is 4.58. The van der Waals surface area contributed by atoms with E-state index in [0.29, 0.717) is 0 Å². The molecule has 0 amide bonds. The molecule has 0 aliphatic heterocycles. The summed E-state index contributed by atoms with van der Waals surface area (Å²) >= 11 is 0. The van der Waals surface area contributed by atoms with Crippen molar-refractivity contribution in [1.29, 1.82) is 0 Å². The third kappa shape index (κ3) is 2.14. The maximum absolute atomic E-state index is 11.8. The molecule has 1 heterocycles. The standard InChI is InChI=1S/C11H7N3O4/c15-10(11(16)8-5-12-13-6-8)7-1-3-9(4-2-7)14(17)18/h1-6H,(H,12,13). The Balaban J connectivity index is 2.24. The van der Waals surface area contributed by atoms with Crippen molar-refractivity contribution >= 4 is 17.3 Å². The van der Waals surface area contributed by atoms with Gasteiger partial charge in [-0.15, -0.1) is 0 Å². The lowest BCUT2D eigenvalue weighted by molar-refractivity contribution is -0.384. The minimum Gasteiger partial charge on any atom is -0.285 e. The number of carbonyl (C=O) groups is 2. The van der Waals surface area contributed by atoms with Gasteiger partial charge in [0.15, 0.2) is 0 Å². The zero-order valence-electron chi connectivity index (χ0n) is 8.99. The van der Waals surface area contributed by atoms with Gasteiger partial charge >= 0.3 is 0 Å². The molecule has 0 aliphatic rings. The Bertz CT molecular complexity index is 602. The van der Waals surface area contributed by atoms with Gasteiger partial charge in [0.25, 0.3) is 5.69 Å². The summed E-state index contributed by atoms with van der Waals surface area (Å²) in [5, 5.41) is 16.4. The van der Waals surface area contributed by atoms with Gasteiger partial charge in [0.1, 0.15) is 0 Å². The van der Waals surface area contributed by atoms with Crippen LogP contribution in [0.15, 0.2) is 36.7 Å². The number of nitrogens with one attached hydrogen (secondary N) is 1. The molecule has 0 bridgehead atoms. The fraction of sp³-hybridized carbons (Fsp3) is 0. The number of hydrogen-bond donors (Lipinski definition) is 1. The van der Waals surface area contributed by atoms with Gasteiger partial charge in [0.2, 0.25) is 11.6 Å². The number of ketones is 2. The Morgan fingerprint density at radius 1 is 1.11 bits per heavy atom. The molecule has 18 heavy (non-hydrogen) atoms. The van der Waals surface area contributed by atoms with E-state index in [1.54, 1.807) is 0 Å². The Labute approximate surface area is 101 Å². The van der Waals surface area contributed by atoms with Crippen molar-refractivity contribution in [2.45, 2.75) is 0 Å². The summed E-state index contributed by atoms with van der Waals surface area (Å²) in [5.74, 6) is -1.44. The molecule has 7 nitrogen and oxygen atoms in total. The molecular formula is C11H7N3O4. The predicted octanol–water partition coefficient (Wildman–Crippen LogP) is 1.38. The first-order valence-corrected chi connectivity index (χ1v) is 4.92. The summed E-state index contributed by atoms with van der Waals surface area (Å²) in [5.41, 5.74) is 0.118. The number of carbonyl (C=O) groups excluding carboxylic acids is 2. The SMILES string of the molecule is O=C(C(=O)c1cn[nH]c1)c1ccc([N+](=O)[O-])cc1. The number of Topliss-reactive ketones (excluding diaryl/α,β-unsaturated/α-hetero) is 2. The van der Waals surface area contributed by atoms with Crippen molar-refractivity contribution in [1.82, 2.24) is 10.2 Å². The zero-order chi connectivity index (χ0) is 13.1. The van der Waals surface area contributed by atoms with Crippen LogP contribution in [0.1, 0.15) is 20.7 Å². The molecule has 2 aromatic rings. The number of rotatable bonds is 4. The van der Waals surface area contributed by atoms with Gasteiger partial charge in [-0.1, -0.05) is 0 Å². The van der Waals surface area contributed by atoms with Crippen LogP contribution in [0.2, 0.25) is 0 Å². The Morgan fingerprint density at radius 2 is 1.72 bits per heavy atom. The molecule has 0 saturated heterocycles. The van der Waals surface area contributed by atoms with Crippen molar-refractivity contribution in [2.75, 3.05) is 0 Å². The van der Waals surface area contributed by atoms with Gasteiger partial charge in [-0.3, -0.25) is 24.8 Å². The molecule has 7 heteroatoms. The van der Waals surface area contributed by atoms with Crippen LogP contribution in [-0.4, -0.2) is 26.7 Å². The average molecular weight is 245 g/mol. The van der Waals surface area contributed by atoms with Crippen molar-refractivity contribution in [3.8, 4) is 0 Å². The van der Waals surface area contributed by atoms with E-state index in [1.165, 1.54) is 36.7 Å². The molecule has 0 atom stereocenters. The largest absolute Gasteiger partial charge is 0.285 e. The zero-order valence-corrected chi connectivity index (χ0v) is 8.99. The van der Waals surface area contributed by atoms with Crippen LogP contribution >= 0.6 is 0 Å². The van der Waals surface area contributed by atoms with Crippen LogP contribution in [-0.2, 0) is 0 Å². The highest BCUT2D eigenvalue weighted by Gasteiger charge is 2.19. The summed E-state index contributed by atoms with van der Waals surface area (Å²) in [6.45, 7) is 0. The van der Waals surface area contributed by atoms with E-state index in [2.05, 4.69) is 10.2 Å². The molecule has 1 N–H and O–H groups in total. The van der Waals surface area contributed by atoms with Crippen LogP contribution in [0, 0.1) is 10.1 Å². The molecule has 0 saturated carbocycles. The molecule has 0 spiro atoms. The highest BCUT2D eigenvalue weighted by Crippen LogP contribution is 2.13. The molecule has 1 aromatic carbocycles. The van der Waals surface area contributed by atoms with Gasteiger partial charge in [0.05, 0.1) is 16.7 Å². The summed E-state index contributed by atoms with van der Waals surface area (Å²) in [6, 6.07) is 4.85. The van der Waals surface area contributed by atoms with Crippen LogP contribution in [0.25, 0.3) is 0 Å². The number of aromatic amines is 1. The number of nitro groups is 1. The number of non-ortho nitro benzene ring substituents is 1. The van der Waals surface area contributed by atoms with Gasteiger partial charge in [0, 0.05) is 23.9 Å². The molecular weight excluding hydrogens is 238 g/mol. The van der Waals surface area contributed by atoms with Crippen LogP contribution in [0.5, 0.6) is 0 Å². The van der Waals surface area contributed by atoms with E-state index < -0.39 is 16.5 Å². The summed E-state index contributed by atoms with van der Waals surface area (Å²) in [6.07, 6.45) is 2.55. The average Bonchev–Trinajstić information content (AvgIpc) is 2.91. The molecule has 2 rings (SSSR count). The van der Waals surface area contributed by atoms with Crippen LogP contribution in [0.4, 0.5) is 5.69 Å². The second-order valence-corrected chi connectivity index (χ2v) is 3.45. The smallest absolute Gasteiger partial charge is 0.269 e. The van der Waals surface area contributed by atoms with Gasteiger partial charge in [-0.25, -0.2) is 0 Å². The quantitative estimate of drug-likeness (QED) is 0.379. The number of nitro benzene ring substituents is 1. The lowest BCUT2D eigenvalue weighted by atomic mass is 10.0. The lowest BCUT2D eigenvalue weighted by Gasteiger charge is -1.98. The van der Waals surface area contributed by atoms with Gasteiger partial charge in [-0.2, -0.15) is 5.10 Å². The normalized spacial score (nSPS) is 10.0. The Kier molecular flexibility index (Phi) is 2.96. The second-order valence-electron chi connectivity index (χ2n) is 3.45. The van der Waals surface area contributed by atoms with Crippen LogP contribution in [0.3, 0.4) is 0 Å². The predicted molar refractivity (Wildman–Crippen MR) is 60.3 cm³/mol. The third-order valence-electron chi connectivity index (χ3n) is 2.31. The Hall–Kier alpha value is -2.83. The summed E-state index contributed by atoms with van der Waals surface area (Å²) in [7, 11) is 0. The number of hydrogen-bond acceptors (Lipinski definition) is 5. The lowest BCUT2D eigenvalue weighted by Crippen LogP contribution is -2.13. The summed E-state index contributed by atoms with van der Waals surface area (Å²) < 4.78 is 0. The fourth-order valence-electron chi connectivity index (χ4n) is 1.37. The molecule has 0 aliphatic carbocycles. The van der Waals surface area contributed by atoms with Crippen molar-refractivity contribution < 1.29 is 14.5 Å². The fourth-order valence-corrected chi connectivity index (χ4v) is 1.37. The first kappa shape index (κ1) is 11.6. The van der Waals surface area contributed by atoms with Crippen molar-refractivity contribution in [3.63, 3.8) is 0 Å². The van der Waals surface area contributed by atoms with Gasteiger partial charge < -0.3 is 0 Å². The third-order valence-corrected chi connectivity index (χ3v) is 2.31. The van der Waals surface area contributed by atoms with E-state index in [-0.39, 0.29) is 16.8 Å². The number of aromatic nitrogens is 2. The molecule has 1 aromatic heterocycles. The van der Waals surface area contributed by atoms with Crippen LogP contribution < -0.4 is 0 Å². The summed E-state index contributed by atoms with van der Waals surface area (Å²) in [4.78, 5) is 33.3. The van der Waals surface area contributed by atoms with E-state index in [1.807, 2.05) is 0 Å². The van der Waals surface area contributed by atoms with E-state index >= 15 is 0 Å². The van der Waals surface area contributed by atoms with E-state index in [9.17, 15) is 19.7 Å². The Morgan fingerprint density at radius 3 is 2.22 bits per heavy atom. The number of H-pyrrole nitrogens is 1. The molecule has 0 radical (unpaired) electrons. The maximum atomic E-state index is 11.8. The minimum absolute atomic E-state index is 0.104. The topological polar surface area (TPSA) is 106 Å². The minimum atomic E-state index is -0.730. The number of nitrogens with zero attached hydrogens (tertiary/aromatic N) is 2. The monoisotopic (exact) mass is 245 g/mol. The number of benzene rings is 1. The van der Waals surface area contributed by atoms with Gasteiger partial charge in [-0.05, 0) is 12.1 Å².